The SMILES string of the molecule is O=C(O)COCCNC(=O)C1CCC(C(F)(F)F)CC1. The van der Waals surface area contributed by atoms with Gasteiger partial charge in [0.1, 0.15) is 6.61 Å². The van der Waals surface area contributed by atoms with E-state index in [1.165, 1.54) is 0 Å². The minimum absolute atomic E-state index is 0.0168. The number of halogens is 3. The minimum atomic E-state index is -4.17. The van der Waals surface area contributed by atoms with Crippen LogP contribution in [0.5, 0.6) is 0 Å². The molecule has 1 fully saturated rings. The Bertz CT molecular complexity index is 338. The van der Waals surface area contributed by atoms with E-state index >= 15 is 0 Å². The number of carboxylic acid groups (broad SMARTS) is 1. The van der Waals surface area contributed by atoms with Crippen molar-refractivity contribution in [2.24, 2.45) is 11.8 Å². The average Bonchev–Trinajstić information content (AvgIpc) is 2.37. The molecule has 20 heavy (non-hydrogen) atoms. The molecule has 0 spiro atoms. The molecule has 0 saturated heterocycles. The summed E-state index contributed by atoms with van der Waals surface area (Å²) in [6, 6.07) is 0. The van der Waals surface area contributed by atoms with E-state index in [2.05, 4.69) is 5.32 Å². The predicted molar refractivity (Wildman–Crippen MR) is 63.0 cm³/mol. The van der Waals surface area contributed by atoms with Crippen molar-refractivity contribution in [1.29, 1.82) is 0 Å². The largest absolute Gasteiger partial charge is 0.480 e. The number of amides is 1. The molecule has 0 aromatic rings. The molecule has 0 bridgehead atoms. The molecule has 1 aliphatic rings. The molecular formula is C12H18F3NO4. The topological polar surface area (TPSA) is 75.6 Å². The number of hydrogen-bond acceptors (Lipinski definition) is 3. The fraction of sp³-hybridized carbons (Fsp3) is 0.833. The normalized spacial score (nSPS) is 23.4. The van der Waals surface area contributed by atoms with Crippen LogP contribution < -0.4 is 5.32 Å². The second-order valence-corrected chi connectivity index (χ2v) is 4.83. The lowest BCUT2D eigenvalue weighted by Gasteiger charge is -2.29. The van der Waals surface area contributed by atoms with Crippen molar-refractivity contribution in [3.63, 3.8) is 0 Å². The number of ether oxygens (including phenoxy) is 1. The van der Waals surface area contributed by atoms with Gasteiger partial charge in [-0.1, -0.05) is 0 Å². The Kier molecular flexibility index (Phi) is 6.25. The summed E-state index contributed by atoms with van der Waals surface area (Å²) in [4.78, 5) is 21.8. The molecular weight excluding hydrogens is 279 g/mol. The summed E-state index contributed by atoms with van der Waals surface area (Å²) in [5.74, 6) is -3.08. The van der Waals surface area contributed by atoms with Crippen molar-refractivity contribution in [2.45, 2.75) is 31.9 Å². The van der Waals surface area contributed by atoms with E-state index in [4.69, 9.17) is 9.84 Å². The Morgan fingerprint density at radius 1 is 1.20 bits per heavy atom. The van der Waals surface area contributed by atoms with Gasteiger partial charge in [-0.2, -0.15) is 13.2 Å². The number of alkyl halides is 3. The van der Waals surface area contributed by atoms with E-state index in [1.807, 2.05) is 0 Å². The first-order chi connectivity index (χ1) is 9.30. The number of nitrogens with one attached hydrogen (secondary N) is 1. The van der Waals surface area contributed by atoms with E-state index in [9.17, 15) is 22.8 Å². The molecule has 5 nitrogen and oxygen atoms in total. The van der Waals surface area contributed by atoms with Gasteiger partial charge in [0.2, 0.25) is 5.91 Å². The highest BCUT2D eigenvalue weighted by molar-refractivity contribution is 5.78. The van der Waals surface area contributed by atoms with Gasteiger partial charge < -0.3 is 15.2 Å². The standard InChI is InChI=1S/C12H18F3NO4/c13-12(14,15)9-3-1-8(2-4-9)11(19)16-5-6-20-7-10(17)18/h8-9H,1-7H2,(H,16,19)(H,17,18). The number of aliphatic carboxylic acids is 1. The van der Waals surface area contributed by atoms with Crippen LogP contribution in [0.2, 0.25) is 0 Å². The van der Waals surface area contributed by atoms with Crippen LogP contribution in [0.25, 0.3) is 0 Å². The third-order valence-electron chi connectivity index (χ3n) is 3.33. The third-order valence-corrected chi connectivity index (χ3v) is 3.33. The zero-order chi connectivity index (χ0) is 15.2. The molecule has 0 aromatic heterocycles. The van der Waals surface area contributed by atoms with Gasteiger partial charge in [-0.05, 0) is 25.7 Å². The molecule has 1 amide bonds. The summed E-state index contributed by atoms with van der Waals surface area (Å²) in [5, 5.41) is 10.9. The van der Waals surface area contributed by atoms with Crippen LogP contribution in [0.3, 0.4) is 0 Å². The molecule has 1 aliphatic carbocycles. The lowest BCUT2D eigenvalue weighted by Crippen LogP contribution is -2.37. The summed E-state index contributed by atoms with van der Waals surface area (Å²) in [5.41, 5.74) is 0. The first-order valence-electron chi connectivity index (χ1n) is 6.44. The summed E-state index contributed by atoms with van der Waals surface area (Å²) < 4.78 is 42.1. The highest BCUT2D eigenvalue weighted by Gasteiger charge is 2.42. The molecule has 0 radical (unpaired) electrons. The maximum atomic E-state index is 12.5. The van der Waals surface area contributed by atoms with Gasteiger partial charge in [-0.25, -0.2) is 4.79 Å². The fourth-order valence-corrected chi connectivity index (χ4v) is 2.23. The number of carboxylic acids is 1. The summed E-state index contributed by atoms with van der Waals surface area (Å²) >= 11 is 0. The monoisotopic (exact) mass is 297 g/mol. The summed E-state index contributed by atoms with van der Waals surface area (Å²) in [6.07, 6.45) is -3.75. The van der Waals surface area contributed by atoms with Crippen LogP contribution in [-0.4, -0.2) is 42.9 Å². The van der Waals surface area contributed by atoms with E-state index in [0.29, 0.717) is 0 Å². The number of carbonyl (C=O) groups is 2. The smallest absolute Gasteiger partial charge is 0.391 e. The van der Waals surface area contributed by atoms with Crippen molar-refractivity contribution in [3.8, 4) is 0 Å². The first kappa shape index (κ1) is 16.7. The van der Waals surface area contributed by atoms with Crippen molar-refractivity contribution in [2.75, 3.05) is 19.8 Å². The van der Waals surface area contributed by atoms with E-state index in [-0.39, 0.29) is 44.7 Å². The Morgan fingerprint density at radius 3 is 2.30 bits per heavy atom. The molecule has 0 unspecified atom stereocenters. The number of rotatable bonds is 6. The van der Waals surface area contributed by atoms with Crippen molar-refractivity contribution >= 4 is 11.9 Å². The highest BCUT2D eigenvalue weighted by atomic mass is 19.4. The maximum absolute atomic E-state index is 12.5. The minimum Gasteiger partial charge on any atom is -0.480 e. The van der Waals surface area contributed by atoms with Gasteiger partial charge >= 0.3 is 12.1 Å². The van der Waals surface area contributed by atoms with Crippen LogP contribution >= 0.6 is 0 Å². The highest BCUT2D eigenvalue weighted by Crippen LogP contribution is 2.39. The van der Waals surface area contributed by atoms with Gasteiger partial charge in [-0.3, -0.25) is 4.79 Å². The predicted octanol–water partition coefficient (Wildman–Crippen LogP) is 1.57. The Hall–Kier alpha value is -1.31. The quantitative estimate of drug-likeness (QED) is 0.730. The van der Waals surface area contributed by atoms with E-state index < -0.39 is 30.6 Å². The van der Waals surface area contributed by atoms with Crippen molar-refractivity contribution < 1.29 is 32.6 Å². The van der Waals surface area contributed by atoms with Crippen LogP contribution in [0.15, 0.2) is 0 Å². The van der Waals surface area contributed by atoms with Gasteiger partial charge in [0.15, 0.2) is 0 Å². The molecule has 1 saturated carbocycles. The van der Waals surface area contributed by atoms with Gasteiger partial charge in [0.25, 0.3) is 0 Å². The summed E-state index contributed by atoms with van der Waals surface area (Å²) in [7, 11) is 0. The maximum Gasteiger partial charge on any atom is 0.391 e. The van der Waals surface area contributed by atoms with Gasteiger partial charge in [0.05, 0.1) is 12.5 Å². The molecule has 2 N–H and O–H groups in total. The van der Waals surface area contributed by atoms with E-state index in [1.54, 1.807) is 0 Å². The second-order valence-electron chi connectivity index (χ2n) is 4.83. The summed E-state index contributed by atoms with van der Waals surface area (Å²) in [6.45, 7) is -0.214. The Balaban J connectivity index is 2.18. The number of carbonyl (C=O) groups excluding carboxylic acids is 1. The van der Waals surface area contributed by atoms with Crippen molar-refractivity contribution in [3.05, 3.63) is 0 Å². The molecule has 8 heteroatoms. The molecule has 1 rings (SSSR count). The lowest BCUT2D eigenvalue weighted by atomic mass is 9.81. The average molecular weight is 297 g/mol. The zero-order valence-electron chi connectivity index (χ0n) is 10.9. The van der Waals surface area contributed by atoms with Crippen LogP contribution in [0, 0.1) is 11.8 Å². The van der Waals surface area contributed by atoms with E-state index in [0.717, 1.165) is 0 Å². The molecule has 0 atom stereocenters. The zero-order valence-corrected chi connectivity index (χ0v) is 10.9. The van der Waals surface area contributed by atoms with Crippen LogP contribution in [0.4, 0.5) is 13.2 Å². The Labute approximate surface area is 114 Å². The second kappa shape index (κ2) is 7.47. The first-order valence-corrected chi connectivity index (χ1v) is 6.44. The molecule has 0 aromatic carbocycles. The van der Waals surface area contributed by atoms with Gasteiger partial charge in [0, 0.05) is 12.5 Å². The van der Waals surface area contributed by atoms with Crippen LogP contribution in [0.1, 0.15) is 25.7 Å². The molecule has 0 heterocycles. The van der Waals surface area contributed by atoms with Crippen LogP contribution in [-0.2, 0) is 14.3 Å². The Morgan fingerprint density at radius 2 is 1.80 bits per heavy atom. The van der Waals surface area contributed by atoms with Gasteiger partial charge in [-0.15, -0.1) is 0 Å². The fourth-order valence-electron chi connectivity index (χ4n) is 2.23. The molecule has 0 aliphatic heterocycles. The lowest BCUT2D eigenvalue weighted by molar-refractivity contribution is -0.184. The molecule has 116 valence electrons. The third kappa shape index (κ3) is 5.77. The number of hydrogen-bond donors (Lipinski definition) is 2. The van der Waals surface area contributed by atoms with Crippen molar-refractivity contribution in [1.82, 2.24) is 5.32 Å².